The molecule has 0 aliphatic heterocycles. The Morgan fingerprint density at radius 2 is 1.77 bits per heavy atom. The molecule has 2 rings (SSSR count). The first-order valence-corrected chi connectivity index (χ1v) is 7.37. The van der Waals surface area contributed by atoms with Crippen LogP contribution < -0.4 is 10.6 Å². The van der Waals surface area contributed by atoms with Crippen molar-refractivity contribution in [3.63, 3.8) is 0 Å². The van der Waals surface area contributed by atoms with Crippen LogP contribution in [0.5, 0.6) is 0 Å². The van der Waals surface area contributed by atoms with Gasteiger partial charge in [0.1, 0.15) is 17.5 Å². The Labute approximate surface area is 146 Å². The standard InChI is InChI=1S/C18H13F4N3O/c19-15-7-3-1-5-12(15)10-24-11-13(9-23)17(26)25-16-8-4-2-6-14(16)18(20,21)22/h1-8,11,24H,10H2,(H,25,26)/b13-11-. The van der Waals surface area contributed by atoms with Crippen molar-refractivity contribution in [2.24, 2.45) is 0 Å². The molecular formula is C18H13F4N3O. The smallest absolute Gasteiger partial charge is 0.385 e. The molecular weight excluding hydrogens is 350 g/mol. The number of hydrogen-bond acceptors (Lipinski definition) is 3. The van der Waals surface area contributed by atoms with Gasteiger partial charge in [-0.3, -0.25) is 4.79 Å². The number of rotatable bonds is 5. The van der Waals surface area contributed by atoms with E-state index in [1.54, 1.807) is 12.1 Å². The van der Waals surface area contributed by atoms with Crippen LogP contribution in [0.15, 0.2) is 60.3 Å². The lowest BCUT2D eigenvalue weighted by atomic mass is 10.1. The number of nitriles is 1. The fourth-order valence-corrected chi connectivity index (χ4v) is 2.08. The summed E-state index contributed by atoms with van der Waals surface area (Å²) in [7, 11) is 0. The molecule has 1 amide bonds. The summed E-state index contributed by atoms with van der Waals surface area (Å²) >= 11 is 0. The van der Waals surface area contributed by atoms with Crippen molar-refractivity contribution >= 4 is 11.6 Å². The van der Waals surface area contributed by atoms with Crippen LogP contribution >= 0.6 is 0 Å². The van der Waals surface area contributed by atoms with Crippen LogP contribution in [0.25, 0.3) is 0 Å². The van der Waals surface area contributed by atoms with E-state index in [1.165, 1.54) is 30.3 Å². The van der Waals surface area contributed by atoms with Crippen molar-refractivity contribution in [1.29, 1.82) is 5.26 Å². The quantitative estimate of drug-likeness (QED) is 0.480. The maximum Gasteiger partial charge on any atom is 0.418 e. The Morgan fingerprint density at radius 3 is 2.42 bits per heavy atom. The van der Waals surface area contributed by atoms with Gasteiger partial charge in [-0.15, -0.1) is 0 Å². The lowest BCUT2D eigenvalue weighted by Gasteiger charge is -2.13. The summed E-state index contributed by atoms with van der Waals surface area (Å²) in [5.74, 6) is -1.47. The Balaban J connectivity index is 2.10. The number of benzene rings is 2. The number of nitrogens with zero attached hydrogens (tertiary/aromatic N) is 1. The Hall–Kier alpha value is -3.34. The minimum atomic E-state index is -4.65. The molecule has 0 spiro atoms. The highest BCUT2D eigenvalue weighted by molar-refractivity contribution is 6.06. The summed E-state index contributed by atoms with van der Waals surface area (Å²) in [5.41, 5.74) is -1.62. The number of nitrogens with one attached hydrogen (secondary N) is 2. The second kappa shape index (κ2) is 8.16. The highest BCUT2D eigenvalue weighted by atomic mass is 19.4. The van der Waals surface area contributed by atoms with Crippen LogP contribution in [-0.4, -0.2) is 5.91 Å². The van der Waals surface area contributed by atoms with E-state index < -0.39 is 34.7 Å². The third kappa shape index (κ3) is 4.83. The summed E-state index contributed by atoms with van der Waals surface area (Å²) in [6, 6.07) is 11.9. The fraction of sp³-hybridized carbons (Fsp3) is 0.111. The van der Waals surface area contributed by atoms with Crippen molar-refractivity contribution in [3.8, 4) is 6.07 Å². The summed E-state index contributed by atoms with van der Waals surface area (Å²) < 4.78 is 52.3. The molecule has 2 aromatic rings. The van der Waals surface area contributed by atoms with Crippen molar-refractivity contribution in [2.75, 3.05) is 5.32 Å². The molecule has 0 radical (unpaired) electrons. The van der Waals surface area contributed by atoms with Gasteiger partial charge in [0.2, 0.25) is 0 Å². The second-order valence-electron chi connectivity index (χ2n) is 5.14. The van der Waals surface area contributed by atoms with Gasteiger partial charge in [0.05, 0.1) is 11.3 Å². The zero-order chi connectivity index (χ0) is 19.2. The number of amides is 1. The lowest BCUT2D eigenvalue weighted by molar-refractivity contribution is -0.137. The maximum atomic E-state index is 13.5. The number of carbonyl (C=O) groups is 1. The molecule has 4 nitrogen and oxygen atoms in total. The molecule has 0 unspecified atom stereocenters. The van der Waals surface area contributed by atoms with Crippen LogP contribution in [0.4, 0.5) is 23.2 Å². The molecule has 2 N–H and O–H groups in total. The van der Waals surface area contributed by atoms with E-state index in [0.717, 1.165) is 18.3 Å². The molecule has 0 saturated carbocycles. The first kappa shape index (κ1) is 19.0. The van der Waals surface area contributed by atoms with Crippen molar-refractivity contribution < 1.29 is 22.4 Å². The first-order valence-electron chi connectivity index (χ1n) is 7.37. The van der Waals surface area contributed by atoms with E-state index in [9.17, 15) is 22.4 Å². The van der Waals surface area contributed by atoms with E-state index in [1.807, 2.05) is 0 Å². The van der Waals surface area contributed by atoms with Crippen LogP contribution in [-0.2, 0) is 17.5 Å². The van der Waals surface area contributed by atoms with Gasteiger partial charge in [-0.05, 0) is 18.2 Å². The minimum absolute atomic E-state index is 0.00424. The maximum absolute atomic E-state index is 13.5. The third-order valence-corrected chi connectivity index (χ3v) is 3.34. The van der Waals surface area contributed by atoms with E-state index >= 15 is 0 Å². The van der Waals surface area contributed by atoms with Crippen molar-refractivity contribution in [2.45, 2.75) is 12.7 Å². The first-order chi connectivity index (χ1) is 12.3. The second-order valence-corrected chi connectivity index (χ2v) is 5.14. The van der Waals surface area contributed by atoms with Crippen LogP contribution in [0.3, 0.4) is 0 Å². The van der Waals surface area contributed by atoms with Crippen molar-refractivity contribution in [3.05, 3.63) is 77.2 Å². The zero-order valence-corrected chi connectivity index (χ0v) is 13.3. The molecule has 2 aromatic carbocycles. The predicted molar refractivity (Wildman–Crippen MR) is 87.0 cm³/mol. The van der Waals surface area contributed by atoms with Crippen molar-refractivity contribution in [1.82, 2.24) is 5.32 Å². The van der Waals surface area contributed by atoms with E-state index in [0.29, 0.717) is 5.56 Å². The summed E-state index contributed by atoms with van der Waals surface area (Å²) in [6.45, 7) is 0.00424. The average Bonchev–Trinajstić information content (AvgIpc) is 2.59. The highest BCUT2D eigenvalue weighted by Crippen LogP contribution is 2.34. The molecule has 0 aliphatic carbocycles. The molecule has 0 fully saturated rings. The van der Waals surface area contributed by atoms with Gasteiger partial charge in [-0.25, -0.2) is 4.39 Å². The fourth-order valence-electron chi connectivity index (χ4n) is 2.08. The van der Waals surface area contributed by atoms with E-state index in [4.69, 9.17) is 5.26 Å². The molecule has 134 valence electrons. The highest BCUT2D eigenvalue weighted by Gasteiger charge is 2.33. The summed E-state index contributed by atoms with van der Waals surface area (Å²) in [5, 5.41) is 13.7. The number of carbonyl (C=O) groups excluding carboxylic acids is 1. The lowest BCUT2D eigenvalue weighted by Crippen LogP contribution is -2.19. The zero-order valence-electron chi connectivity index (χ0n) is 13.3. The Bertz CT molecular complexity index is 869. The van der Waals surface area contributed by atoms with Gasteiger partial charge in [-0.2, -0.15) is 18.4 Å². The molecule has 0 atom stereocenters. The molecule has 0 bridgehead atoms. The van der Waals surface area contributed by atoms with E-state index in [2.05, 4.69) is 10.6 Å². The number of anilines is 1. The van der Waals surface area contributed by atoms with Gasteiger partial charge in [0.15, 0.2) is 0 Å². The molecule has 26 heavy (non-hydrogen) atoms. The molecule has 0 heterocycles. The van der Waals surface area contributed by atoms with E-state index in [-0.39, 0.29) is 6.54 Å². The predicted octanol–water partition coefficient (Wildman–Crippen LogP) is 3.98. The van der Waals surface area contributed by atoms with Gasteiger partial charge in [0, 0.05) is 18.3 Å². The van der Waals surface area contributed by atoms with Crippen LogP contribution in [0, 0.1) is 17.1 Å². The molecule has 8 heteroatoms. The number of alkyl halides is 3. The molecule has 0 aliphatic rings. The van der Waals surface area contributed by atoms with Crippen LogP contribution in [0.2, 0.25) is 0 Å². The Kier molecular flexibility index (Phi) is 5.96. The van der Waals surface area contributed by atoms with Crippen LogP contribution in [0.1, 0.15) is 11.1 Å². The minimum Gasteiger partial charge on any atom is -0.385 e. The SMILES string of the molecule is N#C/C(=C/NCc1ccccc1F)C(=O)Nc1ccccc1C(F)(F)F. The van der Waals surface area contributed by atoms with Gasteiger partial charge < -0.3 is 10.6 Å². The van der Waals surface area contributed by atoms with Gasteiger partial charge in [-0.1, -0.05) is 30.3 Å². The monoisotopic (exact) mass is 363 g/mol. The largest absolute Gasteiger partial charge is 0.418 e. The number of para-hydroxylation sites is 1. The number of hydrogen-bond donors (Lipinski definition) is 2. The molecule has 0 saturated heterocycles. The normalized spacial score (nSPS) is 11.6. The topological polar surface area (TPSA) is 64.9 Å². The molecule has 0 aromatic heterocycles. The third-order valence-electron chi connectivity index (χ3n) is 3.34. The summed E-state index contributed by atoms with van der Waals surface area (Å²) in [6.07, 6.45) is -3.62. The Morgan fingerprint density at radius 1 is 1.12 bits per heavy atom. The van der Waals surface area contributed by atoms with Gasteiger partial charge in [0.25, 0.3) is 5.91 Å². The number of halogens is 4. The van der Waals surface area contributed by atoms with Gasteiger partial charge >= 0.3 is 6.18 Å². The summed E-state index contributed by atoms with van der Waals surface area (Å²) in [4.78, 5) is 12.0. The average molecular weight is 363 g/mol.